The molecule has 2 aliphatic rings. The quantitative estimate of drug-likeness (QED) is 0.878. The van der Waals surface area contributed by atoms with Crippen LogP contribution in [0.3, 0.4) is 0 Å². The average Bonchev–Trinajstić information content (AvgIpc) is 2.72. The lowest BCUT2D eigenvalue weighted by Gasteiger charge is -2.41. The number of carbonyl (C=O) groups excluding carboxylic acids is 1. The number of nitrogens with one attached hydrogen (secondary N) is 1. The van der Waals surface area contributed by atoms with E-state index in [1.165, 1.54) is 16.7 Å². The normalized spacial score (nSPS) is 23.0. The molecule has 1 aromatic carbocycles. The summed E-state index contributed by atoms with van der Waals surface area (Å²) in [5.74, 6) is 0.777. The molecule has 2 aromatic rings. The Balaban J connectivity index is 1.54. The number of likely N-dealkylation sites (tertiary alicyclic amines) is 1. The van der Waals surface area contributed by atoms with E-state index < -0.39 is 0 Å². The number of carbonyl (C=O) groups is 1. The fraction of sp³-hybridized carbons (Fsp3) is 0.391. The molecule has 0 bridgehead atoms. The summed E-state index contributed by atoms with van der Waals surface area (Å²) in [6.07, 6.45) is 6.53. The number of ketones is 1. The molecule has 2 atom stereocenters. The molecule has 4 heteroatoms. The third-order valence-corrected chi connectivity index (χ3v) is 5.96. The van der Waals surface area contributed by atoms with E-state index in [9.17, 15) is 4.79 Å². The van der Waals surface area contributed by atoms with Crippen molar-refractivity contribution in [1.29, 1.82) is 0 Å². The standard InChI is InChI=1S/C23H27N3O/c1-26-13-11-20-19(17-6-3-2-4-7-17)9-10-21(22(20)16-26)23(27)15-25-18-8-5-12-24-14-18/h2-8,12,14,21-22,25H,9-11,13,15-16H2,1H3. The van der Waals surface area contributed by atoms with Crippen molar-refractivity contribution in [1.82, 2.24) is 9.88 Å². The van der Waals surface area contributed by atoms with Crippen LogP contribution in [0.25, 0.3) is 5.57 Å². The van der Waals surface area contributed by atoms with Crippen LogP contribution in [0.15, 0.2) is 60.4 Å². The van der Waals surface area contributed by atoms with Gasteiger partial charge in [-0.1, -0.05) is 35.9 Å². The topological polar surface area (TPSA) is 45.2 Å². The number of hydrogen-bond donors (Lipinski definition) is 1. The Hall–Kier alpha value is -2.46. The smallest absolute Gasteiger partial charge is 0.155 e. The lowest BCUT2D eigenvalue weighted by molar-refractivity contribution is -0.123. The molecule has 0 saturated carbocycles. The minimum atomic E-state index is 0.111. The van der Waals surface area contributed by atoms with Gasteiger partial charge in [0, 0.05) is 37.3 Å². The molecule has 4 rings (SSSR count). The molecule has 0 spiro atoms. The van der Waals surface area contributed by atoms with E-state index in [2.05, 4.69) is 52.6 Å². The minimum absolute atomic E-state index is 0.111. The van der Waals surface area contributed by atoms with Crippen molar-refractivity contribution in [3.63, 3.8) is 0 Å². The van der Waals surface area contributed by atoms with Crippen molar-refractivity contribution >= 4 is 17.0 Å². The number of Topliss-reactive ketones (excluding diaryl/α,β-unsaturated/α-hetero) is 1. The number of rotatable bonds is 5. The summed E-state index contributed by atoms with van der Waals surface area (Å²) >= 11 is 0. The first-order valence-electron chi connectivity index (χ1n) is 9.85. The van der Waals surface area contributed by atoms with Gasteiger partial charge in [-0.05, 0) is 49.6 Å². The second-order valence-electron chi connectivity index (χ2n) is 7.70. The molecule has 0 radical (unpaired) electrons. The van der Waals surface area contributed by atoms with Gasteiger partial charge in [0.05, 0.1) is 12.2 Å². The van der Waals surface area contributed by atoms with E-state index in [0.29, 0.717) is 18.2 Å². The molecular formula is C23H27N3O. The van der Waals surface area contributed by atoms with Crippen molar-refractivity contribution in [2.45, 2.75) is 19.3 Å². The van der Waals surface area contributed by atoms with Crippen LogP contribution in [0.5, 0.6) is 0 Å². The van der Waals surface area contributed by atoms with Gasteiger partial charge in [0.25, 0.3) is 0 Å². The number of pyridine rings is 1. The van der Waals surface area contributed by atoms with Gasteiger partial charge in [0.2, 0.25) is 0 Å². The number of fused-ring (bicyclic) bond motifs is 1. The predicted molar refractivity (Wildman–Crippen MR) is 109 cm³/mol. The minimum Gasteiger partial charge on any atom is -0.377 e. The summed E-state index contributed by atoms with van der Waals surface area (Å²) in [6.45, 7) is 2.44. The summed E-state index contributed by atoms with van der Waals surface area (Å²) in [5, 5.41) is 3.25. The number of benzene rings is 1. The molecule has 0 amide bonds. The van der Waals surface area contributed by atoms with Crippen molar-refractivity contribution in [3.05, 3.63) is 66.0 Å². The number of piperidine rings is 1. The number of aromatic nitrogens is 1. The average molecular weight is 361 g/mol. The van der Waals surface area contributed by atoms with Crippen LogP contribution in [-0.2, 0) is 4.79 Å². The van der Waals surface area contributed by atoms with Gasteiger partial charge in [-0.25, -0.2) is 0 Å². The first-order valence-corrected chi connectivity index (χ1v) is 9.85. The van der Waals surface area contributed by atoms with Gasteiger partial charge in [0.1, 0.15) is 0 Å². The van der Waals surface area contributed by atoms with Crippen LogP contribution in [0.1, 0.15) is 24.8 Å². The lowest BCUT2D eigenvalue weighted by atomic mass is 9.69. The zero-order valence-corrected chi connectivity index (χ0v) is 15.9. The maximum absolute atomic E-state index is 13.1. The maximum Gasteiger partial charge on any atom is 0.155 e. The summed E-state index contributed by atoms with van der Waals surface area (Å²) in [7, 11) is 2.17. The Morgan fingerprint density at radius 1 is 1.19 bits per heavy atom. The largest absolute Gasteiger partial charge is 0.377 e. The Morgan fingerprint density at radius 2 is 2.04 bits per heavy atom. The Labute approximate surface area is 161 Å². The van der Waals surface area contributed by atoms with E-state index in [1.807, 2.05) is 12.1 Å². The molecule has 1 aliphatic carbocycles. The predicted octanol–water partition coefficient (Wildman–Crippen LogP) is 3.88. The monoisotopic (exact) mass is 361 g/mol. The van der Waals surface area contributed by atoms with Gasteiger partial charge in [-0.3, -0.25) is 9.78 Å². The molecule has 27 heavy (non-hydrogen) atoms. The van der Waals surface area contributed by atoms with Crippen molar-refractivity contribution < 1.29 is 4.79 Å². The Kier molecular flexibility index (Phi) is 5.35. The summed E-state index contributed by atoms with van der Waals surface area (Å²) in [5.41, 5.74) is 5.24. The third kappa shape index (κ3) is 3.96. The van der Waals surface area contributed by atoms with E-state index >= 15 is 0 Å². The second-order valence-corrected chi connectivity index (χ2v) is 7.70. The highest BCUT2D eigenvalue weighted by Gasteiger charge is 2.38. The van der Waals surface area contributed by atoms with Gasteiger partial charge in [-0.2, -0.15) is 0 Å². The molecule has 4 nitrogen and oxygen atoms in total. The zero-order chi connectivity index (χ0) is 18.6. The first kappa shape index (κ1) is 17.9. The van der Waals surface area contributed by atoms with Crippen LogP contribution in [0, 0.1) is 11.8 Å². The number of anilines is 1. The van der Waals surface area contributed by atoms with E-state index in [4.69, 9.17) is 0 Å². The van der Waals surface area contributed by atoms with Crippen molar-refractivity contribution in [2.75, 3.05) is 32.0 Å². The SMILES string of the molecule is CN1CCC2=C(c3ccccc3)CCC(C(=O)CNc3cccnc3)C2C1. The van der Waals surface area contributed by atoms with E-state index in [1.54, 1.807) is 12.4 Å². The Morgan fingerprint density at radius 3 is 2.81 bits per heavy atom. The second kappa shape index (κ2) is 8.05. The molecule has 1 saturated heterocycles. The number of nitrogens with zero attached hydrogens (tertiary/aromatic N) is 2. The third-order valence-electron chi connectivity index (χ3n) is 5.96. The zero-order valence-electron chi connectivity index (χ0n) is 15.9. The Bertz CT molecular complexity index is 816. The highest BCUT2D eigenvalue weighted by atomic mass is 16.1. The van der Waals surface area contributed by atoms with Crippen LogP contribution in [0.2, 0.25) is 0 Å². The molecule has 140 valence electrons. The van der Waals surface area contributed by atoms with Crippen molar-refractivity contribution in [3.8, 4) is 0 Å². The highest BCUT2D eigenvalue weighted by Crippen LogP contribution is 2.43. The van der Waals surface area contributed by atoms with Crippen LogP contribution in [0.4, 0.5) is 5.69 Å². The fourth-order valence-corrected chi connectivity index (χ4v) is 4.58. The fourth-order valence-electron chi connectivity index (χ4n) is 4.58. The molecule has 1 aromatic heterocycles. The summed E-state index contributed by atoms with van der Waals surface area (Å²) < 4.78 is 0. The molecule has 1 N–H and O–H groups in total. The van der Waals surface area contributed by atoms with E-state index in [0.717, 1.165) is 38.0 Å². The number of hydrogen-bond acceptors (Lipinski definition) is 4. The molecule has 2 unspecified atom stereocenters. The van der Waals surface area contributed by atoms with Crippen molar-refractivity contribution in [2.24, 2.45) is 11.8 Å². The van der Waals surface area contributed by atoms with Crippen LogP contribution >= 0.6 is 0 Å². The van der Waals surface area contributed by atoms with Crippen LogP contribution in [-0.4, -0.2) is 42.3 Å². The summed E-state index contributed by atoms with van der Waals surface area (Å²) in [4.78, 5) is 19.5. The molecule has 1 fully saturated rings. The van der Waals surface area contributed by atoms with Gasteiger partial charge >= 0.3 is 0 Å². The van der Waals surface area contributed by atoms with Gasteiger partial charge < -0.3 is 10.2 Å². The molecule has 2 heterocycles. The molecular weight excluding hydrogens is 334 g/mol. The molecule has 1 aliphatic heterocycles. The van der Waals surface area contributed by atoms with Crippen LogP contribution < -0.4 is 5.32 Å². The highest BCUT2D eigenvalue weighted by molar-refractivity contribution is 5.87. The van der Waals surface area contributed by atoms with E-state index in [-0.39, 0.29) is 5.92 Å². The summed E-state index contributed by atoms with van der Waals surface area (Å²) in [6, 6.07) is 14.6. The maximum atomic E-state index is 13.1. The van der Waals surface area contributed by atoms with Gasteiger partial charge in [0.15, 0.2) is 5.78 Å². The van der Waals surface area contributed by atoms with Gasteiger partial charge in [-0.15, -0.1) is 0 Å². The first-order chi connectivity index (χ1) is 13.2. The lowest BCUT2D eigenvalue weighted by Crippen LogP contribution is -2.43. The number of allylic oxidation sites excluding steroid dienone is 1.